The molecule has 1 amide bonds. The van der Waals surface area contributed by atoms with Crippen molar-refractivity contribution in [1.82, 2.24) is 4.90 Å². The number of hydrogen-bond acceptors (Lipinski definition) is 3. The first kappa shape index (κ1) is 18.3. The lowest BCUT2D eigenvalue weighted by molar-refractivity contribution is -0.129. The molecule has 4 nitrogen and oxygen atoms in total. The molecule has 22 heavy (non-hydrogen) atoms. The summed E-state index contributed by atoms with van der Waals surface area (Å²) < 4.78 is 49.7. The van der Waals surface area contributed by atoms with Crippen molar-refractivity contribution in [3.63, 3.8) is 0 Å². The van der Waals surface area contributed by atoms with Crippen LogP contribution in [-0.4, -0.2) is 37.8 Å². The van der Waals surface area contributed by atoms with E-state index in [1.165, 1.54) is 24.1 Å². The van der Waals surface area contributed by atoms with Crippen molar-refractivity contribution in [2.24, 2.45) is 0 Å². The summed E-state index contributed by atoms with van der Waals surface area (Å²) >= 11 is 0. The van der Waals surface area contributed by atoms with Gasteiger partial charge in [-0.3, -0.25) is 4.79 Å². The molecular formula is C15H19F2NO3S. The van der Waals surface area contributed by atoms with Gasteiger partial charge in [-0.1, -0.05) is 18.2 Å². The molecule has 1 aromatic rings. The first-order valence-corrected chi connectivity index (χ1v) is 8.52. The van der Waals surface area contributed by atoms with Gasteiger partial charge in [0.15, 0.2) is 21.5 Å². The van der Waals surface area contributed by atoms with Gasteiger partial charge in [0, 0.05) is 7.05 Å². The molecular weight excluding hydrogens is 312 g/mol. The van der Waals surface area contributed by atoms with E-state index in [1.54, 1.807) is 19.9 Å². The van der Waals surface area contributed by atoms with Gasteiger partial charge in [0.25, 0.3) is 0 Å². The van der Waals surface area contributed by atoms with Gasteiger partial charge in [0.2, 0.25) is 5.91 Å². The summed E-state index contributed by atoms with van der Waals surface area (Å²) in [5.41, 5.74) is 0.389. The maximum Gasteiger partial charge on any atom is 0.238 e. The molecule has 0 saturated heterocycles. The van der Waals surface area contributed by atoms with E-state index in [9.17, 15) is 22.0 Å². The van der Waals surface area contributed by atoms with Crippen molar-refractivity contribution < 1.29 is 22.0 Å². The van der Waals surface area contributed by atoms with Crippen LogP contribution in [0, 0.1) is 11.6 Å². The van der Waals surface area contributed by atoms with Crippen LogP contribution in [0.25, 0.3) is 0 Å². The van der Waals surface area contributed by atoms with Crippen LogP contribution in [0.4, 0.5) is 8.78 Å². The van der Waals surface area contributed by atoms with E-state index in [0.29, 0.717) is 5.56 Å². The first-order chi connectivity index (χ1) is 10.2. The Morgan fingerprint density at radius 2 is 1.95 bits per heavy atom. The second kappa shape index (κ2) is 7.49. The third kappa shape index (κ3) is 4.91. The van der Waals surface area contributed by atoms with E-state index >= 15 is 0 Å². The minimum absolute atomic E-state index is 0.206. The van der Waals surface area contributed by atoms with Crippen molar-refractivity contribution in [3.05, 3.63) is 47.5 Å². The third-order valence-electron chi connectivity index (χ3n) is 3.33. The number of amides is 1. The summed E-state index contributed by atoms with van der Waals surface area (Å²) in [6.07, 6.45) is 3.05. The molecule has 0 N–H and O–H groups in total. The fraction of sp³-hybridized carbons (Fsp3) is 0.400. The van der Waals surface area contributed by atoms with Gasteiger partial charge < -0.3 is 4.90 Å². The van der Waals surface area contributed by atoms with Crippen molar-refractivity contribution in [3.8, 4) is 0 Å². The number of benzene rings is 1. The Balaban J connectivity index is 2.83. The molecule has 1 atom stereocenters. The van der Waals surface area contributed by atoms with Crippen molar-refractivity contribution in [2.75, 3.05) is 18.6 Å². The van der Waals surface area contributed by atoms with Gasteiger partial charge in [-0.05, 0) is 31.5 Å². The lowest BCUT2D eigenvalue weighted by Crippen LogP contribution is -2.35. The summed E-state index contributed by atoms with van der Waals surface area (Å²) in [6.45, 7) is 3.30. The smallest absolute Gasteiger partial charge is 0.238 e. The molecule has 0 radical (unpaired) electrons. The third-order valence-corrected chi connectivity index (χ3v) is 4.72. The molecule has 0 bridgehead atoms. The van der Waals surface area contributed by atoms with Crippen molar-refractivity contribution in [2.45, 2.75) is 19.9 Å². The first-order valence-electron chi connectivity index (χ1n) is 6.70. The number of hydrogen-bond donors (Lipinski definition) is 0. The van der Waals surface area contributed by atoms with E-state index in [4.69, 9.17) is 0 Å². The lowest BCUT2D eigenvalue weighted by Gasteiger charge is -2.25. The quantitative estimate of drug-likeness (QED) is 0.753. The lowest BCUT2D eigenvalue weighted by atomic mass is 10.1. The Bertz CT molecular complexity index is 671. The number of rotatable bonds is 6. The molecule has 0 saturated carbocycles. The fourth-order valence-electron chi connectivity index (χ4n) is 1.80. The number of halogens is 2. The Morgan fingerprint density at radius 3 is 2.50 bits per heavy atom. The highest BCUT2D eigenvalue weighted by Gasteiger charge is 2.23. The standard InChI is InChI=1S/C15H19F2NO3S/c1-4-5-8-22(20,21)10-15(19)18(3)11(2)12-6-7-13(16)14(17)9-12/h4-7,9,11H,8,10H2,1-3H3/b5-4+/t11-/m1/s1. The molecule has 0 fully saturated rings. The van der Waals surface area contributed by atoms with Crippen LogP contribution in [0.2, 0.25) is 0 Å². The molecule has 1 aromatic carbocycles. The monoisotopic (exact) mass is 331 g/mol. The summed E-state index contributed by atoms with van der Waals surface area (Å²) in [6, 6.07) is 2.76. The zero-order chi connectivity index (χ0) is 16.9. The highest BCUT2D eigenvalue weighted by atomic mass is 32.2. The van der Waals surface area contributed by atoms with E-state index < -0.39 is 39.2 Å². The van der Waals surface area contributed by atoms with Crippen LogP contribution in [0.3, 0.4) is 0 Å². The number of carbonyl (C=O) groups is 1. The van der Waals surface area contributed by atoms with Crippen LogP contribution in [0.1, 0.15) is 25.5 Å². The molecule has 0 unspecified atom stereocenters. The van der Waals surface area contributed by atoms with E-state index in [1.807, 2.05) is 0 Å². The van der Waals surface area contributed by atoms with Gasteiger partial charge in [-0.25, -0.2) is 17.2 Å². The van der Waals surface area contributed by atoms with Crippen LogP contribution < -0.4 is 0 Å². The van der Waals surface area contributed by atoms with E-state index in [2.05, 4.69) is 0 Å². The maximum absolute atomic E-state index is 13.2. The van der Waals surface area contributed by atoms with Crippen LogP contribution >= 0.6 is 0 Å². The molecule has 0 aliphatic rings. The minimum atomic E-state index is -3.53. The summed E-state index contributed by atoms with van der Waals surface area (Å²) in [5, 5.41) is 0. The topological polar surface area (TPSA) is 54.5 Å². The van der Waals surface area contributed by atoms with Crippen LogP contribution in [-0.2, 0) is 14.6 Å². The van der Waals surface area contributed by atoms with Crippen LogP contribution in [0.15, 0.2) is 30.4 Å². The average molecular weight is 331 g/mol. The zero-order valence-electron chi connectivity index (χ0n) is 12.7. The van der Waals surface area contributed by atoms with Crippen molar-refractivity contribution in [1.29, 1.82) is 0 Å². The fourth-order valence-corrected chi connectivity index (χ4v) is 2.99. The minimum Gasteiger partial charge on any atom is -0.338 e. The largest absolute Gasteiger partial charge is 0.338 e. The molecule has 0 heterocycles. The predicted molar refractivity (Wildman–Crippen MR) is 81.0 cm³/mol. The SMILES string of the molecule is C/C=C/CS(=O)(=O)CC(=O)N(C)[C@H](C)c1ccc(F)c(F)c1. The number of carbonyl (C=O) groups excluding carboxylic acids is 1. The molecule has 1 rings (SSSR count). The molecule has 122 valence electrons. The Hall–Kier alpha value is -1.76. The van der Waals surface area contributed by atoms with Crippen molar-refractivity contribution >= 4 is 15.7 Å². The van der Waals surface area contributed by atoms with Gasteiger partial charge in [0.05, 0.1) is 11.8 Å². The molecule has 0 aliphatic heterocycles. The normalized spacial score (nSPS) is 13.3. The summed E-state index contributed by atoms with van der Waals surface area (Å²) in [7, 11) is -2.10. The second-order valence-corrected chi connectivity index (χ2v) is 7.09. The molecule has 0 spiro atoms. The molecule has 0 aliphatic carbocycles. The summed E-state index contributed by atoms with van der Waals surface area (Å²) in [5.74, 6) is -3.41. The Labute approximate surface area is 129 Å². The highest BCUT2D eigenvalue weighted by molar-refractivity contribution is 7.92. The second-order valence-electron chi connectivity index (χ2n) is 4.98. The average Bonchev–Trinajstić information content (AvgIpc) is 2.46. The Kier molecular flexibility index (Phi) is 6.22. The number of sulfone groups is 1. The molecule has 0 aromatic heterocycles. The van der Waals surface area contributed by atoms with Gasteiger partial charge in [-0.15, -0.1) is 0 Å². The van der Waals surface area contributed by atoms with Gasteiger partial charge >= 0.3 is 0 Å². The van der Waals surface area contributed by atoms with E-state index in [0.717, 1.165) is 12.1 Å². The molecule has 7 heteroatoms. The Morgan fingerprint density at radius 1 is 1.32 bits per heavy atom. The number of nitrogens with zero attached hydrogens (tertiary/aromatic N) is 1. The van der Waals surface area contributed by atoms with Gasteiger partial charge in [-0.2, -0.15) is 0 Å². The zero-order valence-corrected chi connectivity index (χ0v) is 13.5. The maximum atomic E-state index is 13.2. The van der Waals surface area contributed by atoms with E-state index in [-0.39, 0.29) is 5.75 Å². The summed E-state index contributed by atoms with van der Waals surface area (Å²) in [4.78, 5) is 13.3. The van der Waals surface area contributed by atoms with Crippen LogP contribution in [0.5, 0.6) is 0 Å². The predicted octanol–water partition coefficient (Wildman–Crippen LogP) is 2.48. The van der Waals surface area contributed by atoms with Gasteiger partial charge in [0.1, 0.15) is 5.75 Å². The highest BCUT2D eigenvalue weighted by Crippen LogP contribution is 2.21. The number of allylic oxidation sites excluding steroid dienone is 1.